The second-order valence-electron chi connectivity index (χ2n) is 5.09. The summed E-state index contributed by atoms with van der Waals surface area (Å²) in [7, 11) is 0. The van der Waals surface area contributed by atoms with Crippen molar-refractivity contribution in [3.05, 3.63) is 30.1 Å². The van der Waals surface area contributed by atoms with Crippen molar-refractivity contribution in [3.8, 4) is 0 Å². The van der Waals surface area contributed by atoms with E-state index >= 15 is 0 Å². The van der Waals surface area contributed by atoms with E-state index in [1.807, 2.05) is 18.2 Å². The Kier molecular flexibility index (Phi) is 2.84. The predicted molar refractivity (Wildman–Crippen MR) is 71.5 cm³/mol. The molecule has 1 fully saturated rings. The highest BCUT2D eigenvalue weighted by Crippen LogP contribution is 2.23. The number of imidazole rings is 1. The van der Waals surface area contributed by atoms with Crippen molar-refractivity contribution >= 4 is 11.0 Å². The summed E-state index contributed by atoms with van der Waals surface area (Å²) in [5.41, 5.74) is 1.54. The molecule has 18 heavy (non-hydrogen) atoms. The Hall–Kier alpha value is -1.39. The molecule has 1 aliphatic heterocycles. The van der Waals surface area contributed by atoms with Gasteiger partial charge in [0.15, 0.2) is 0 Å². The SMILES string of the molecule is CCn1c(CC2(O)CCNC2)nc2ccccc21. The number of aliphatic hydroxyl groups is 1. The van der Waals surface area contributed by atoms with Gasteiger partial charge in [-0.05, 0) is 32.0 Å². The highest BCUT2D eigenvalue weighted by molar-refractivity contribution is 5.75. The molecule has 0 saturated carbocycles. The highest BCUT2D eigenvalue weighted by atomic mass is 16.3. The maximum Gasteiger partial charge on any atom is 0.112 e. The molecule has 3 rings (SSSR count). The van der Waals surface area contributed by atoms with Crippen LogP contribution in [-0.2, 0) is 13.0 Å². The zero-order chi connectivity index (χ0) is 12.6. The normalized spacial score (nSPS) is 23.9. The summed E-state index contributed by atoms with van der Waals surface area (Å²) < 4.78 is 2.20. The Balaban J connectivity index is 2.00. The van der Waals surface area contributed by atoms with Crippen molar-refractivity contribution < 1.29 is 5.11 Å². The molecular formula is C14H19N3O. The predicted octanol–water partition coefficient (Wildman–Crippen LogP) is 1.32. The summed E-state index contributed by atoms with van der Waals surface area (Å²) in [4.78, 5) is 4.67. The van der Waals surface area contributed by atoms with E-state index in [9.17, 15) is 5.11 Å². The molecule has 4 heteroatoms. The fourth-order valence-corrected chi connectivity index (χ4v) is 2.79. The van der Waals surface area contributed by atoms with E-state index in [0.29, 0.717) is 13.0 Å². The number of aromatic nitrogens is 2. The van der Waals surface area contributed by atoms with Crippen LogP contribution in [0.2, 0.25) is 0 Å². The number of para-hydroxylation sites is 2. The molecule has 1 aliphatic rings. The molecule has 1 saturated heterocycles. The fraction of sp³-hybridized carbons (Fsp3) is 0.500. The average molecular weight is 245 g/mol. The standard InChI is InChI=1S/C14H19N3O/c1-2-17-12-6-4-3-5-11(12)16-13(17)9-14(18)7-8-15-10-14/h3-6,15,18H,2,7-10H2,1H3. The minimum atomic E-state index is -0.631. The molecule has 96 valence electrons. The average Bonchev–Trinajstić information content (AvgIpc) is 2.92. The number of hydrogen-bond donors (Lipinski definition) is 2. The Morgan fingerprint density at radius 1 is 1.44 bits per heavy atom. The van der Waals surface area contributed by atoms with E-state index in [0.717, 1.165) is 36.4 Å². The number of nitrogens with zero attached hydrogens (tertiary/aromatic N) is 2. The summed E-state index contributed by atoms with van der Waals surface area (Å²) in [5, 5.41) is 13.7. The van der Waals surface area contributed by atoms with Crippen molar-refractivity contribution in [2.75, 3.05) is 13.1 Å². The van der Waals surface area contributed by atoms with Crippen LogP contribution in [0.1, 0.15) is 19.2 Å². The third-order valence-corrected chi connectivity index (χ3v) is 3.76. The van der Waals surface area contributed by atoms with E-state index in [1.165, 1.54) is 0 Å². The molecule has 4 nitrogen and oxygen atoms in total. The van der Waals surface area contributed by atoms with Crippen LogP contribution >= 0.6 is 0 Å². The van der Waals surface area contributed by atoms with Gasteiger partial charge in [0.1, 0.15) is 5.82 Å². The molecule has 2 N–H and O–H groups in total. The van der Waals surface area contributed by atoms with Crippen molar-refractivity contribution in [2.24, 2.45) is 0 Å². The largest absolute Gasteiger partial charge is 0.388 e. The molecule has 0 radical (unpaired) electrons. The maximum atomic E-state index is 10.5. The quantitative estimate of drug-likeness (QED) is 0.857. The summed E-state index contributed by atoms with van der Waals surface area (Å²) in [5.74, 6) is 0.991. The smallest absolute Gasteiger partial charge is 0.112 e. The summed E-state index contributed by atoms with van der Waals surface area (Å²) in [6, 6.07) is 8.16. The zero-order valence-electron chi connectivity index (χ0n) is 10.7. The second-order valence-corrected chi connectivity index (χ2v) is 5.09. The number of fused-ring (bicyclic) bond motifs is 1. The van der Waals surface area contributed by atoms with Crippen molar-refractivity contribution in [2.45, 2.75) is 31.9 Å². The van der Waals surface area contributed by atoms with Gasteiger partial charge in [-0.2, -0.15) is 0 Å². The van der Waals surface area contributed by atoms with E-state index in [4.69, 9.17) is 0 Å². The van der Waals surface area contributed by atoms with Gasteiger partial charge in [0.05, 0.1) is 16.6 Å². The van der Waals surface area contributed by atoms with E-state index in [-0.39, 0.29) is 0 Å². The van der Waals surface area contributed by atoms with Crippen LogP contribution < -0.4 is 5.32 Å². The van der Waals surface area contributed by atoms with Crippen LogP contribution in [-0.4, -0.2) is 33.3 Å². The molecular weight excluding hydrogens is 226 g/mol. The molecule has 2 aromatic rings. The Morgan fingerprint density at radius 3 is 3.00 bits per heavy atom. The van der Waals surface area contributed by atoms with Gasteiger partial charge in [-0.25, -0.2) is 4.98 Å². The second kappa shape index (κ2) is 4.37. The van der Waals surface area contributed by atoms with Gasteiger partial charge >= 0.3 is 0 Å². The van der Waals surface area contributed by atoms with Crippen LogP contribution in [0.4, 0.5) is 0 Å². The van der Waals surface area contributed by atoms with E-state index < -0.39 is 5.60 Å². The fourth-order valence-electron chi connectivity index (χ4n) is 2.79. The third-order valence-electron chi connectivity index (χ3n) is 3.76. The first-order valence-electron chi connectivity index (χ1n) is 6.59. The molecule has 1 aromatic carbocycles. The third kappa shape index (κ3) is 1.91. The van der Waals surface area contributed by atoms with Gasteiger partial charge in [-0.15, -0.1) is 0 Å². The van der Waals surface area contributed by atoms with Crippen LogP contribution in [0.25, 0.3) is 11.0 Å². The minimum absolute atomic E-state index is 0.628. The molecule has 0 bridgehead atoms. The van der Waals surface area contributed by atoms with Crippen LogP contribution in [0, 0.1) is 0 Å². The maximum absolute atomic E-state index is 10.5. The topological polar surface area (TPSA) is 50.1 Å². The molecule has 1 unspecified atom stereocenters. The Bertz CT molecular complexity index is 555. The zero-order valence-corrected chi connectivity index (χ0v) is 10.7. The number of hydrogen-bond acceptors (Lipinski definition) is 3. The number of rotatable bonds is 3. The molecule has 1 aromatic heterocycles. The molecule has 2 heterocycles. The summed E-state index contributed by atoms with van der Waals surface area (Å²) in [6.07, 6.45) is 1.43. The van der Waals surface area contributed by atoms with Crippen molar-refractivity contribution in [1.29, 1.82) is 0 Å². The van der Waals surface area contributed by atoms with Crippen molar-refractivity contribution in [3.63, 3.8) is 0 Å². The summed E-state index contributed by atoms with van der Waals surface area (Å²) in [6.45, 7) is 4.57. The van der Waals surface area contributed by atoms with Crippen LogP contribution in [0.5, 0.6) is 0 Å². The van der Waals surface area contributed by atoms with Gasteiger partial charge in [0, 0.05) is 19.5 Å². The van der Waals surface area contributed by atoms with Crippen LogP contribution in [0.15, 0.2) is 24.3 Å². The number of aryl methyl sites for hydroxylation is 1. The lowest BCUT2D eigenvalue weighted by Crippen LogP contribution is -2.34. The summed E-state index contributed by atoms with van der Waals surface area (Å²) >= 11 is 0. The number of benzene rings is 1. The first-order valence-corrected chi connectivity index (χ1v) is 6.59. The monoisotopic (exact) mass is 245 g/mol. The van der Waals surface area contributed by atoms with Gasteiger partial charge in [0.2, 0.25) is 0 Å². The first-order chi connectivity index (χ1) is 8.72. The highest BCUT2D eigenvalue weighted by Gasteiger charge is 2.32. The lowest BCUT2D eigenvalue weighted by molar-refractivity contribution is 0.0591. The number of β-amino-alcohol motifs (C(OH)–C–C–N with tert-alkyl or cyclic N) is 1. The van der Waals surface area contributed by atoms with E-state index in [1.54, 1.807) is 0 Å². The Morgan fingerprint density at radius 2 is 2.28 bits per heavy atom. The minimum Gasteiger partial charge on any atom is -0.388 e. The van der Waals surface area contributed by atoms with Gasteiger partial charge in [-0.1, -0.05) is 12.1 Å². The van der Waals surface area contributed by atoms with Gasteiger partial charge in [0.25, 0.3) is 0 Å². The van der Waals surface area contributed by atoms with Gasteiger partial charge in [-0.3, -0.25) is 0 Å². The molecule has 1 atom stereocenters. The lowest BCUT2D eigenvalue weighted by atomic mass is 9.98. The van der Waals surface area contributed by atoms with Gasteiger partial charge < -0.3 is 15.0 Å². The number of nitrogens with one attached hydrogen (secondary N) is 1. The van der Waals surface area contributed by atoms with E-state index in [2.05, 4.69) is 27.9 Å². The van der Waals surface area contributed by atoms with Crippen LogP contribution in [0.3, 0.4) is 0 Å². The first kappa shape index (κ1) is 11.7. The van der Waals surface area contributed by atoms with Crippen molar-refractivity contribution in [1.82, 2.24) is 14.9 Å². The molecule has 0 amide bonds. The lowest BCUT2D eigenvalue weighted by Gasteiger charge is -2.21. The molecule has 0 spiro atoms. The molecule has 0 aliphatic carbocycles. The Labute approximate surface area is 107 Å².